The van der Waals surface area contributed by atoms with Crippen LogP contribution in [0.2, 0.25) is 10.0 Å². The molecule has 0 spiro atoms. The zero-order valence-electron chi connectivity index (χ0n) is 15.5. The molecule has 0 saturated heterocycles. The molecule has 0 aliphatic carbocycles. The molecule has 6 nitrogen and oxygen atoms in total. The van der Waals surface area contributed by atoms with Crippen LogP contribution in [0, 0.1) is 5.92 Å². The number of alkyl halides is 1. The van der Waals surface area contributed by atoms with Gasteiger partial charge in [-0.05, 0) is 36.4 Å². The van der Waals surface area contributed by atoms with Crippen LogP contribution in [-0.2, 0) is 9.84 Å². The van der Waals surface area contributed by atoms with Crippen molar-refractivity contribution in [2.75, 3.05) is 25.7 Å². The minimum Gasteiger partial charge on any atom is -0.493 e. The standard InChI is InChI=1S/C19H21Cl3O6S/c1-12(8-20)10-27-14-2-4-15(5-3-14)29(25,26)16-6-17(21)19(18(22)7-16)28-11-13(24)9-23/h2-7,12-13,23-24H,8-11H2,1H3/t12-,13-/m0/s1. The third-order valence-electron chi connectivity index (χ3n) is 3.84. The van der Waals surface area contributed by atoms with Gasteiger partial charge in [-0.2, -0.15) is 0 Å². The van der Waals surface area contributed by atoms with E-state index in [-0.39, 0.29) is 38.1 Å². The van der Waals surface area contributed by atoms with Crippen molar-refractivity contribution in [3.63, 3.8) is 0 Å². The highest BCUT2D eigenvalue weighted by molar-refractivity contribution is 7.91. The lowest BCUT2D eigenvalue weighted by molar-refractivity contribution is 0.0536. The number of hydrogen-bond acceptors (Lipinski definition) is 6. The monoisotopic (exact) mass is 482 g/mol. The largest absolute Gasteiger partial charge is 0.493 e. The average Bonchev–Trinajstić information content (AvgIpc) is 2.71. The zero-order chi connectivity index (χ0) is 21.6. The molecule has 0 aliphatic heterocycles. The Morgan fingerprint density at radius 2 is 1.59 bits per heavy atom. The summed E-state index contributed by atoms with van der Waals surface area (Å²) in [7, 11) is -3.88. The van der Waals surface area contributed by atoms with Gasteiger partial charge in [-0.25, -0.2) is 8.42 Å². The van der Waals surface area contributed by atoms with E-state index in [0.29, 0.717) is 18.2 Å². The Morgan fingerprint density at radius 3 is 2.10 bits per heavy atom. The lowest BCUT2D eigenvalue weighted by atomic mass is 10.2. The van der Waals surface area contributed by atoms with Crippen molar-refractivity contribution in [2.24, 2.45) is 5.92 Å². The van der Waals surface area contributed by atoms with Crippen LogP contribution in [0.1, 0.15) is 6.92 Å². The molecule has 2 aromatic carbocycles. The molecular weight excluding hydrogens is 463 g/mol. The van der Waals surface area contributed by atoms with E-state index in [4.69, 9.17) is 49.4 Å². The van der Waals surface area contributed by atoms with Crippen LogP contribution in [0.4, 0.5) is 0 Å². The second-order valence-electron chi connectivity index (χ2n) is 6.41. The average molecular weight is 484 g/mol. The van der Waals surface area contributed by atoms with Crippen LogP contribution >= 0.6 is 34.8 Å². The number of hydrogen-bond donors (Lipinski definition) is 2. The number of aliphatic hydroxyl groups is 2. The van der Waals surface area contributed by atoms with Gasteiger partial charge in [0.15, 0.2) is 5.75 Å². The fourth-order valence-electron chi connectivity index (χ4n) is 2.20. The van der Waals surface area contributed by atoms with Gasteiger partial charge < -0.3 is 19.7 Å². The van der Waals surface area contributed by atoms with Crippen molar-refractivity contribution < 1.29 is 28.1 Å². The maximum Gasteiger partial charge on any atom is 0.206 e. The summed E-state index contributed by atoms with van der Waals surface area (Å²) >= 11 is 18.0. The summed E-state index contributed by atoms with van der Waals surface area (Å²) < 4.78 is 36.6. The van der Waals surface area contributed by atoms with E-state index in [0.717, 1.165) is 0 Å². The maximum absolute atomic E-state index is 12.9. The van der Waals surface area contributed by atoms with Gasteiger partial charge in [0.1, 0.15) is 18.5 Å². The first-order valence-corrected chi connectivity index (χ1v) is 11.4. The van der Waals surface area contributed by atoms with Crippen molar-refractivity contribution in [1.29, 1.82) is 0 Å². The number of halogens is 3. The first-order chi connectivity index (χ1) is 13.7. The van der Waals surface area contributed by atoms with E-state index in [1.165, 1.54) is 24.3 Å². The van der Waals surface area contributed by atoms with E-state index in [1.54, 1.807) is 12.1 Å². The SMILES string of the molecule is C[C@@H](CCl)COc1ccc(S(=O)(=O)c2cc(Cl)c(OC[C@@H](O)CO)c(Cl)c2)cc1. The number of rotatable bonds is 10. The predicted octanol–water partition coefficient (Wildman–Crippen LogP) is 3.81. The van der Waals surface area contributed by atoms with Crippen LogP contribution < -0.4 is 9.47 Å². The van der Waals surface area contributed by atoms with E-state index in [1.807, 2.05) is 6.92 Å². The molecule has 2 atom stereocenters. The number of aliphatic hydroxyl groups excluding tert-OH is 2. The van der Waals surface area contributed by atoms with Gasteiger partial charge in [-0.15, -0.1) is 11.6 Å². The molecule has 2 rings (SSSR count). The van der Waals surface area contributed by atoms with Crippen LogP contribution in [0.25, 0.3) is 0 Å². The third kappa shape index (κ3) is 6.38. The second-order valence-corrected chi connectivity index (χ2v) is 9.48. The van der Waals surface area contributed by atoms with E-state index in [2.05, 4.69) is 0 Å². The van der Waals surface area contributed by atoms with Gasteiger partial charge in [-0.3, -0.25) is 0 Å². The normalized spacial score (nSPS) is 13.7. The fraction of sp³-hybridized carbons (Fsp3) is 0.368. The summed E-state index contributed by atoms with van der Waals surface area (Å²) in [4.78, 5) is -0.0567. The summed E-state index contributed by atoms with van der Waals surface area (Å²) in [5.74, 6) is 1.19. The van der Waals surface area contributed by atoms with Crippen LogP contribution in [-0.4, -0.2) is 50.4 Å². The molecule has 10 heteroatoms. The highest BCUT2D eigenvalue weighted by Crippen LogP contribution is 2.37. The van der Waals surface area contributed by atoms with Gasteiger partial charge in [0.05, 0.1) is 33.0 Å². The van der Waals surface area contributed by atoms with Crippen molar-refractivity contribution in [1.82, 2.24) is 0 Å². The fourth-order valence-corrected chi connectivity index (χ4v) is 4.32. The Labute approximate surface area is 184 Å². The molecule has 2 aromatic rings. The molecule has 0 heterocycles. The summed E-state index contributed by atoms with van der Waals surface area (Å²) in [6, 6.07) is 8.42. The van der Waals surface area contributed by atoms with Crippen molar-refractivity contribution >= 4 is 44.6 Å². The predicted molar refractivity (Wildman–Crippen MR) is 112 cm³/mol. The summed E-state index contributed by atoms with van der Waals surface area (Å²) in [5.41, 5.74) is 0. The van der Waals surface area contributed by atoms with Crippen LogP contribution in [0.5, 0.6) is 11.5 Å². The maximum atomic E-state index is 12.9. The number of ether oxygens (including phenoxy) is 2. The third-order valence-corrected chi connectivity index (χ3v) is 6.68. The van der Waals surface area contributed by atoms with E-state index in [9.17, 15) is 13.5 Å². The highest BCUT2D eigenvalue weighted by Gasteiger charge is 2.22. The van der Waals surface area contributed by atoms with Gasteiger partial charge in [-0.1, -0.05) is 30.1 Å². The molecule has 0 amide bonds. The molecule has 0 saturated carbocycles. The molecule has 29 heavy (non-hydrogen) atoms. The lowest BCUT2D eigenvalue weighted by Gasteiger charge is -2.14. The molecule has 160 valence electrons. The smallest absolute Gasteiger partial charge is 0.206 e. The molecule has 0 aliphatic rings. The van der Waals surface area contributed by atoms with Gasteiger partial charge >= 0.3 is 0 Å². The van der Waals surface area contributed by atoms with Crippen molar-refractivity contribution in [3.05, 3.63) is 46.4 Å². The van der Waals surface area contributed by atoms with Crippen molar-refractivity contribution in [3.8, 4) is 11.5 Å². The minimum atomic E-state index is -3.88. The van der Waals surface area contributed by atoms with Gasteiger partial charge in [0.2, 0.25) is 9.84 Å². The van der Waals surface area contributed by atoms with E-state index < -0.39 is 22.5 Å². The number of sulfone groups is 1. The topological polar surface area (TPSA) is 93.1 Å². The highest BCUT2D eigenvalue weighted by atomic mass is 35.5. The van der Waals surface area contributed by atoms with Gasteiger partial charge in [0, 0.05) is 11.8 Å². The van der Waals surface area contributed by atoms with Gasteiger partial charge in [0.25, 0.3) is 0 Å². The molecular formula is C19H21Cl3O6S. The van der Waals surface area contributed by atoms with E-state index >= 15 is 0 Å². The Hall–Kier alpha value is -1.22. The summed E-state index contributed by atoms with van der Waals surface area (Å²) in [5, 5.41) is 18.1. The summed E-state index contributed by atoms with van der Waals surface area (Å²) in [6.07, 6.45) is -1.11. The minimum absolute atomic E-state index is 0.0249. The van der Waals surface area contributed by atoms with Crippen molar-refractivity contribution in [2.45, 2.75) is 22.8 Å². The Kier molecular flexibility index (Phi) is 8.88. The molecule has 2 N–H and O–H groups in total. The molecule has 0 unspecified atom stereocenters. The summed E-state index contributed by atoms with van der Waals surface area (Å²) in [6.45, 7) is 1.63. The Bertz CT molecular complexity index is 895. The Balaban J connectivity index is 2.22. The zero-order valence-corrected chi connectivity index (χ0v) is 18.6. The van der Waals surface area contributed by atoms with Crippen LogP contribution in [0.15, 0.2) is 46.2 Å². The molecule has 0 bridgehead atoms. The first-order valence-electron chi connectivity index (χ1n) is 8.63. The van der Waals surface area contributed by atoms with Crippen LogP contribution in [0.3, 0.4) is 0 Å². The molecule has 0 radical (unpaired) electrons. The number of benzene rings is 2. The lowest BCUT2D eigenvalue weighted by Crippen LogP contribution is -2.21. The molecule has 0 aromatic heterocycles. The second kappa shape index (κ2) is 10.7. The molecule has 0 fully saturated rings. The first kappa shape index (κ1) is 24.1. The Morgan fingerprint density at radius 1 is 1.00 bits per heavy atom. The quantitative estimate of drug-likeness (QED) is 0.499.